The summed E-state index contributed by atoms with van der Waals surface area (Å²) >= 11 is 0. The molecule has 6 nitrogen and oxygen atoms in total. The van der Waals surface area contributed by atoms with Crippen LogP contribution in [0, 0.1) is 0 Å². The average molecular weight is 279 g/mol. The Bertz CT molecular complexity index is 364. The van der Waals surface area contributed by atoms with Gasteiger partial charge in [0.25, 0.3) is 0 Å². The number of sulfone groups is 1. The summed E-state index contributed by atoms with van der Waals surface area (Å²) in [5.41, 5.74) is 5.41. The zero-order valence-corrected chi connectivity index (χ0v) is 12.4. The first kappa shape index (κ1) is 17.2. The minimum Gasteiger partial charge on any atom is -0.409 e. The van der Waals surface area contributed by atoms with Crippen LogP contribution in [-0.4, -0.2) is 54.5 Å². The highest BCUT2D eigenvalue weighted by atomic mass is 32.2. The molecule has 7 heteroatoms. The molecule has 0 aromatic heterocycles. The zero-order chi connectivity index (χ0) is 14.3. The fourth-order valence-corrected chi connectivity index (χ4v) is 2.38. The molecule has 0 aliphatic carbocycles. The van der Waals surface area contributed by atoms with E-state index in [2.05, 4.69) is 5.16 Å². The van der Waals surface area contributed by atoms with Crippen LogP contribution in [-0.2, 0) is 9.84 Å². The van der Waals surface area contributed by atoms with Crippen molar-refractivity contribution in [1.29, 1.82) is 0 Å². The van der Waals surface area contributed by atoms with Crippen molar-refractivity contribution in [2.75, 3.05) is 18.8 Å². The van der Waals surface area contributed by atoms with E-state index in [1.54, 1.807) is 13.8 Å². The number of nitrogens with two attached hydrogens (primary N) is 1. The first-order valence-electron chi connectivity index (χ1n) is 6.12. The molecule has 0 atom stereocenters. The number of oxime groups is 1. The van der Waals surface area contributed by atoms with Crippen LogP contribution in [0.4, 0.5) is 0 Å². The van der Waals surface area contributed by atoms with Gasteiger partial charge >= 0.3 is 0 Å². The second-order valence-corrected chi connectivity index (χ2v) is 7.56. The summed E-state index contributed by atoms with van der Waals surface area (Å²) in [7, 11) is -3.02. The molecule has 108 valence electrons. The molecule has 0 spiro atoms. The Balaban J connectivity index is 4.39. The van der Waals surface area contributed by atoms with E-state index >= 15 is 0 Å². The second-order valence-electron chi connectivity index (χ2n) is 4.89. The van der Waals surface area contributed by atoms with Gasteiger partial charge in [-0.1, -0.05) is 5.16 Å². The smallest absolute Gasteiger partial charge is 0.153 e. The molecule has 0 rings (SSSR count). The van der Waals surface area contributed by atoms with Gasteiger partial charge < -0.3 is 10.9 Å². The molecule has 0 aliphatic rings. The third-order valence-electron chi connectivity index (χ3n) is 2.90. The molecule has 0 fully saturated rings. The van der Waals surface area contributed by atoms with Gasteiger partial charge in [0, 0.05) is 25.6 Å². The second kappa shape index (κ2) is 7.58. The summed E-state index contributed by atoms with van der Waals surface area (Å²) in [5.74, 6) is 0.298. The van der Waals surface area contributed by atoms with Crippen LogP contribution in [0.1, 0.15) is 34.1 Å². The number of nitrogens with zero attached hydrogens (tertiary/aromatic N) is 2. The predicted octanol–water partition coefficient (Wildman–Crippen LogP) is 0.657. The summed E-state index contributed by atoms with van der Waals surface area (Å²) in [6, 6.07) is 0.221. The third-order valence-corrected chi connectivity index (χ3v) is 5.08. The molecule has 0 saturated carbocycles. The van der Waals surface area contributed by atoms with Crippen LogP contribution in [0.5, 0.6) is 0 Å². The van der Waals surface area contributed by atoms with Crippen LogP contribution in [0.15, 0.2) is 5.16 Å². The molecule has 0 radical (unpaired) electrons. The minimum atomic E-state index is -3.02. The summed E-state index contributed by atoms with van der Waals surface area (Å²) in [6.07, 6.45) is 0.427. The molecular weight excluding hydrogens is 254 g/mol. The molecule has 0 saturated heterocycles. The molecule has 0 heterocycles. The molecule has 0 aliphatic heterocycles. The fourth-order valence-electron chi connectivity index (χ4n) is 1.42. The molecule has 0 amide bonds. The lowest BCUT2D eigenvalue weighted by atomic mass is 10.3. The van der Waals surface area contributed by atoms with Crippen molar-refractivity contribution in [2.45, 2.75) is 45.4 Å². The Morgan fingerprint density at radius 1 is 1.28 bits per heavy atom. The van der Waals surface area contributed by atoms with Crippen molar-refractivity contribution in [3.8, 4) is 0 Å². The summed E-state index contributed by atoms with van der Waals surface area (Å²) in [4.78, 5) is 2.01. The number of hydrogen-bond donors (Lipinski definition) is 2. The third kappa shape index (κ3) is 6.20. The number of amidine groups is 1. The van der Waals surface area contributed by atoms with Gasteiger partial charge in [-0.15, -0.1) is 0 Å². The van der Waals surface area contributed by atoms with Gasteiger partial charge in [-0.2, -0.15) is 0 Å². The quantitative estimate of drug-likeness (QED) is 0.294. The van der Waals surface area contributed by atoms with Crippen LogP contribution >= 0.6 is 0 Å². The number of rotatable bonds is 8. The van der Waals surface area contributed by atoms with Gasteiger partial charge in [0.1, 0.15) is 5.84 Å². The Morgan fingerprint density at radius 2 is 1.83 bits per heavy atom. The summed E-state index contributed by atoms with van der Waals surface area (Å²) in [5, 5.41) is 11.0. The highest BCUT2D eigenvalue weighted by Gasteiger charge is 2.19. The van der Waals surface area contributed by atoms with E-state index in [0.29, 0.717) is 19.5 Å². The number of hydrogen-bond acceptors (Lipinski definition) is 5. The van der Waals surface area contributed by atoms with Crippen LogP contribution in [0.2, 0.25) is 0 Å². The van der Waals surface area contributed by atoms with Gasteiger partial charge in [0.05, 0.1) is 11.0 Å². The molecule has 0 unspecified atom stereocenters. The van der Waals surface area contributed by atoms with E-state index in [9.17, 15) is 8.42 Å². The van der Waals surface area contributed by atoms with E-state index < -0.39 is 9.84 Å². The van der Waals surface area contributed by atoms with E-state index in [4.69, 9.17) is 10.9 Å². The highest BCUT2D eigenvalue weighted by Crippen LogP contribution is 2.05. The first-order chi connectivity index (χ1) is 8.20. The van der Waals surface area contributed by atoms with Crippen LogP contribution in [0.3, 0.4) is 0 Å². The fraction of sp³-hybridized carbons (Fsp3) is 0.909. The molecule has 0 aromatic rings. The van der Waals surface area contributed by atoms with Gasteiger partial charge in [-0.25, -0.2) is 8.42 Å². The van der Waals surface area contributed by atoms with Gasteiger partial charge in [-0.3, -0.25) is 4.90 Å². The normalized spacial score (nSPS) is 13.8. The lowest BCUT2D eigenvalue weighted by Gasteiger charge is -2.26. The lowest BCUT2D eigenvalue weighted by molar-refractivity contribution is 0.239. The van der Waals surface area contributed by atoms with Gasteiger partial charge in [-0.05, 0) is 27.7 Å². The predicted molar refractivity (Wildman–Crippen MR) is 73.7 cm³/mol. The monoisotopic (exact) mass is 279 g/mol. The standard InChI is InChI=1S/C11H25N3O3S/c1-9(2)14(6-5-11(12)13-15)7-8-18(16,17)10(3)4/h9-10,15H,5-8H2,1-4H3,(H2,12,13). The minimum absolute atomic E-state index is 0.138. The Kier molecular flexibility index (Phi) is 7.23. The van der Waals surface area contributed by atoms with E-state index in [0.717, 1.165) is 0 Å². The van der Waals surface area contributed by atoms with E-state index in [-0.39, 0.29) is 22.9 Å². The molecule has 3 N–H and O–H groups in total. The average Bonchev–Trinajstić information content (AvgIpc) is 2.27. The maximum Gasteiger partial charge on any atom is 0.153 e. The topological polar surface area (TPSA) is 96.0 Å². The maximum atomic E-state index is 11.7. The Morgan fingerprint density at radius 3 is 2.22 bits per heavy atom. The van der Waals surface area contributed by atoms with Crippen LogP contribution < -0.4 is 5.73 Å². The van der Waals surface area contributed by atoms with Crippen molar-refractivity contribution < 1.29 is 13.6 Å². The Labute approximate surface area is 110 Å². The van der Waals surface area contributed by atoms with Crippen molar-refractivity contribution in [1.82, 2.24) is 4.90 Å². The largest absolute Gasteiger partial charge is 0.409 e. The van der Waals surface area contributed by atoms with E-state index in [1.807, 2.05) is 18.7 Å². The molecular formula is C11H25N3O3S. The summed E-state index contributed by atoms with van der Waals surface area (Å²) < 4.78 is 23.5. The lowest BCUT2D eigenvalue weighted by Crippen LogP contribution is -2.38. The van der Waals surface area contributed by atoms with Crippen molar-refractivity contribution >= 4 is 15.7 Å². The van der Waals surface area contributed by atoms with Gasteiger partial charge in [0.15, 0.2) is 9.84 Å². The first-order valence-corrected chi connectivity index (χ1v) is 7.84. The Hall–Kier alpha value is -0.820. The molecule has 0 bridgehead atoms. The molecule has 0 aromatic carbocycles. The van der Waals surface area contributed by atoms with E-state index in [1.165, 1.54) is 0 Å². The zero-order valence-electron chi connectivity index (χ0n) is 11.6. The van der Waals surface area contributed by atoms with Crippen molar-refractivity contribution in [2.24, 2.45) is 10.9 Å². The van der Waals surface area contributed by atoms with Crippen molar-refractivity contribution in [3.05, 3.63) is 0 Å². The maximum absolute atomic E-state index is 11.7. The molecule has 18 heavy (non-hydrogen) atoms. The SMILES string of the molecule is CC(C)N(CCC(N)=NO)CCS(=O)(=O)C(C)C. The van der Waals surface area contributed by atoms with Gasteiger partial charge in [0.2, 0.25) is 0 Å². The highest BCUT2D eigenvalue weighted by molar-refractivity contribution is 7.92. The van der Waals surface area contributed by atoms with Crippen LogP contribution in [0.25, 0.3) is 0 Å². The van der Waals surface area contributed by atoms with Crippen molar-refractivity contribution in [3.63, 3.8) is 0 Å². The summed E-state index contributed by atoms with van der Waals surface area (Å²) in [6.45, 7) is 8.41.